The van der Waals surface area contributed by atoms with Gasteiger partial charge in [0, 0.05) is 12.8 Å². The molecule has 0 heterocycles. The summed E-state index contributed by atoms with van der Waals surface area (Å²) in [5.41, 5.74) is 2.75. The molecule has 5 atom stereocenters. The molecule has 5 aliphatic carbocycles. The Morgan fingerprint density at radius 3 is 2.21 bits per heavy atom. The Morgan fingerprint density at radius 2 is 1.67 bits per heavy atom. The number of rotatable bonds is 11. The van der Waals surface area contributed by atoms with E-state index < -0.39 is 65.4 Å². The number of hydrogen-bond donors (Lipinski definition) is 2. The average Bonchev–Trinajstić information content (AvgIpc) is 3.38. The van der Waals surface area contributed by atoms with Crippen LogP contribution in [0.2, 0.25) is 0 Å². The van der Waals surface area contributed by atoms with Gasteiger partial charge in [0.2, 0.25) is 12.0 Å². The highest BCUT2D eigenvalue weighted by molar-refractivity contribution is 5.84. The molecule has 5 unspecified atom stereocenters. The van der Waals surface area contributed by atoms with E-state index in [1.165, 1.54) is 13.0 Å². The van der Waals surface area contributed by atoms with E-state index in [9.17, 15) is 32.7 Å². The van der Waals surface area contributed by atoms with Crippen LogP contribution < -0.4 is 5.73 Å². The second kappa shape index (κ2) is 10.4. The van der Waals surface area contributed by atoms with Gasteiger partial charge in [-0.05, 0) is 80.4 Å². The topological polar surface area (TPSA) is 125 Å². The summed E-state index contributed by atoms with van der Waals surface area (Å²) in [5, 5.41) is 9.19. The smallest absolute Gasteiger partial charge is 0.343 e. The molecule has 5 aliphatic rings. The van der Waals surface area contributed by atoms with E-state index in [2.05, 4.69) is 0 Å². The first kappa shape index (κ1) is 27.9. The summed E-state index contributed by atoms with van der Waals surface area (Å²) in [6.07, 6.45) is 3.06. The van der Waals surface area contributed by atoms with Crippen LogP contribution in [0.1, 0.15) is 63.9 Å². The summed E-state index contributed by atoms with van der Waals surface area (Å²) in [6.45, 7) is 1.20. The van der Waals surface area contributed by atoms with E-state index in [1.807, 2.05) is 0 Å². The highest BCUT2D eigenvalue weighted by atomic mass is 19.2. The predicted molar refractivity (Wildman–Crippen MR) is 129 cm³/mol. The van der Waals surface area contributed by atoms with Crippen LogP contribution in [0.3, 0.4) is 0 Å². The lowest BCUT2D eigenvalue weighted by Gasteiger charge is -2.55. The van der Waals surface area contributed by atoms with E-state index in [-0.39, 0.29) is 24.6 Å². The average molecular weight is 554 g/mol. The van der Waals surface area contributed by atoms with E-state index >= 15 is 0 Å². The van der Waals surface area contributed by atoms with Gasteiger partial charge in [-0.25, -0.2) is 18.0 Å². The molecule has 11 heteroatoms. The standard InChI is InChI=1S/C28H34F3NO7/c1-14(39-26(36)27-10-16-4-17(11-27)6-18(5-16)12-27)38-23(33)9-19(8-20-24(32)28(20,31)25(34)35)37-13-15-2-3-21(29)22(30)7-15/h2-3,7,14,16-20,24H,4-6,8-13,32H2,1H3,(H,34,35). The van der Waals surface area contributed by atoms with Crippen LogP contribution in [-0.2, 0) is 35.2 Å². The number of carboxylic acids is 1. The number of halogens is 3. The number of nitrogens with two attached hydrogens (primary N) is 1. The number of carboxylic acid groups (broad SMARTS) is 1. The van der Waals surface area contributed by atoms with Gasteiger partial charge in [-0.1, -0.05) is 6.07 Å². The highest BCUT2D eigenvalue weighted by Gasteiger charge is 2.70. The van der Waals surface area contributed by atoms with Crippen molar-refractivity contribution < 1.29 is 46.9 Å². The number of aliphatic carboxylic acids is 1. The fourth-order valence-corrected chi connectivity index (χ4v) is 7.49. The largest absolute Gasteiger partial charge is 0.479 e. The van der Waals surface area contributed by atoms with E-state index in [0.717, 1.165) is 50.7 Å². The lowest BCUT2D eigenvalue weighted by atomic mass is 9.49. The van der Waals surface area contributed by atoms with Crippen LogP contribution in [-0.4, -0.2) is 47.1 Å². The lowest BCUT2D eigenvalue weighted by molar-refractivity contribution is -0.202. The monoisotopic (exact) mass is 553 g/mol. The van der Waals surface area contributed by atoms with Crippen LogP contribution in [0.15, 0.2) is 18.2 Å². The fraction of sp³-hybridized carbons (Fsp3) is 0.679. The number of hydrogen-bond acceptors (Lipinski definition) is 7. The van der Waals surface area contributed by atoms with Gasteiger partial charge in [0.25, 0.3) is 0 Å². The normalized spacial score (nSPS) is 35.8. The third-order valence-electron chi connectivity index (χ3n) is 9.10. The zero-order chi connectivity index (χ0) is 28.1. The summed E-state index contributed by atoms with van der Waals surface area (Å²) in [7, 11) is 0. The van der Waals surface area contributed by atoms with Crippen LogP contribution >= 0.6 is 0 Å². The lowest BCUT2D eigenvalue weighted by Crippen LogP contribution is -2.51. The van der Waals surface area contributed by atoms with Crippen molar-refractivity contribution in [2.75, 3.05) is 0 Å². The SMILES string of the molecule is CC(OC(=O)CC(CC1C(N)C1(F)C(=O)O)OCc1ccc(F)c(F)c1)OC(=O)C12CC3CC(CC(C3)C1)C2. The van der Waals surface area contributed by atoms with E-state index in [1.54, 1.807) is 0 Å². The van der Waals surface area contributed by atoms with E-state index in [4.69, 9.17) is 19.9 Å². The van der Waals surface area contributed by atoms with Gasteiger partial charge in [0.05, 0.1) is 30.6 Å². The maximum absolute atomic E-state index is 14.7. The Bertz CT molecular complexity index is 1110. The molecule has 5 fully saturated rings. The number of esters is 2. The predicted octanol–water partition coefficient (Wildman–Crippen LogP) is 4.03. The van der Waals surface area contributed by atoms with Gasteiger partial charge in [0.15, 0.2) is 11.6 Å². The third kappa shape index (κ3) is 5.52. The van der Waals surface area contributed by atoms with Gasteiger partial charge in [-0.2, -0.15) is 0 Å². The number of carbonyl (C=O) groups is 3. The molecule has 3 N–H and O–H groups in total. The molecule has 1 aromatic rings. The van der Waals surface area contributed by atoms with Gasteiger partial charge in [-0.3, -0.25) is 9.59 Å². The molecule has 1 aromatic carbocycles. The van der Waals surface area contributed by atoms with E-state index in [0.29, 0.717) is 17.8 Å². The minimum atomic E-state index is -2.64. The molecule has 6 rings (SSSR count). The minimum Gasteiger partial charge on any atom is -0.479 e. The molecule has 214 valence electrons. The maximum Gasteiger partial charge on any atom is 0.343 e. The molecule has 8 nitrogen and oxygen atoms in total. The Balaban J connectivity index is 1.18. The summed E-state index contributed by atoms with van der Waals surface area (Å²) in [4.78, 5) is 37.2. The number of carbonyl (C=O) groups excluding carboxylic acids is 2. The Hall–Kier alpha value is -2.66. The van der Waals surface area contributed by atoms with Crippen molar-refractivity contribution in [3.8, 4) is 0 Å². The maximum atomic E-state index is 14.7. The fourth-order valence-electron chi connectivity index (χ4n) is 7.49. The minimum absolute atomic E-state index is 0.218. The molecule has 0 radical (unpaired) electrons. The first-order chi connectivity index (χ1) is 18.4. The first-order valence-electron chi connectivity index (χ1n) is 13.5. The van der Waals surface area contributed by atoms with Crippen LogP contribution in [0, 0.1) is 40.7 Å². The van der Waals surface area contributed by atoms with Crippen molar-refractivity contribution in [3.63, 3.8) is 0 Å². The van der Waals surface area contributed by atoms with Gasteiger partial charge in [0.1, 0.15) is 0 Å². The molecule has 0 spiro atoms. The number of alkyl halides is 1. The van der Waals surface area contributed by atoms with Crippen molar-refractivity contribution in [1.82, 2.24) is 0 Å². The second-order valence-corrected chi connectivity index (χ2v) is 12.0. The molecule has 39 heavy (non-hydrogen) atoms. The molecule has 0 aliphatic heterocycles. The number of ether oxygens (including phenoxy) is 3. The van der Waals surface area contributed by atoms with Crippen LogP contribution in [0.25, 0.3) is 0 Å². The van der Waals surface area contributed by atoms with Crippen molar-refractivity contribution in [2.24, 2.45) is 34.8 Å². The molecule has 5 saturated carbocycles. The Kier molecular flexibility index (Phi) is 7.43. The molecule has 4 bridgehead atoms. The van der Waals surface area contributed by atoms with Gasteiger partial charge in [-0.15, -0.1) is 0 Å². The highest BCUT2D eigenvalue weighted by Crippen LogP contribution is 2.60. The van der Waals surface area contributed by atoms with Crippen molar-refractivity contribution in [3.05, 3.63) is 35.4 Å². The van der Waals surface area contributed by atoms with Gasteiger partial charge < -0.3 is 25.1 Å². The van der Waals surface area contributed by atoms with Crippen molar-refractivity contribution in [2.45, 2.75) is 89.0 Å². The summed E-state index contributed by atoms with van der Waals surface area (Å²) < 4.78 is 58.0. The molecular weight excluding hydrogens is 519 g/mol. The zero-order valence-corrected chi connectivity index (χ0v) is 21.7. The molecule has 0 amide bonds. The molecule has 0 saturated heterocycles. The first-order valence-corrected chi connectivity index (χ1v) is 13.5. The number of benzene rings is 1. The quantitative estimate of drug-likeness (QED) is 0.311. The van der Waals surface area contributed by atoms with Gasteiger partial charge >= 0.3 is 17.9 Å². The third-order valence-corrected chi connectivity index (χ3v) is 9.10. The molecule has 0 aromatic heterocycles. The van der Waals surface area contributed by atoms with Crippen LogP contribution in [0.5, 0.6) is 0 Å². The molecular formula is C28H34F3NO7. The van der Waals surface area contributed by atoms with Crippen molar-refractivity contribution in [1.29, 1.82) is 0 Å². The Morgan fingerprint density at radius 1 is 1.05 bits per heavy atom. The second-order valence-electron chi connectivity index (χ2n) is 12.0. The summed E-state index contributed by atoms with van der Waals surface area (Å²) in [6, 6.07) is 1.86. The van der Waals surface area contributed by atoms with Crippen LogP contribution in [0.4, 0.5) is 13.2 Å². The van der Waals surface area contributed by atoms with Crippen molar-refractivity contribution >= 4 is 17.9 Å². The summed E-state index contributed by atoms with van der Waals surface area (Å²) in [5.74, 6) is -4.46. The Labute approximate surface area is 224 Å². The summed E-state index contributed by atoms with van der Waals surface area (Å²) >= 11 is 0. The zero-order valence-electron chi connectivity index (χ0n) is 21.7.